The number of aromatic nitrogens is 1. The molecule has 4 heteroatoms. The maximum Gasteiger partial charge on any atom is 0.0863 e. The normalized spacial score (nSPS) is 9.80. The highest BCUT2D eigenvalue weighted by Gasteiger charge is 2.00. The van der Waals surface area contributed by atoms with Crippen molar-refractivity contribution in [3.63, 3.8) is 0 Å². The summed E-state index contributed by atoms with van der Waals surface area (Å²) in [5.74, 6) is 0. The molecule has 0 aliphatic heterocycles. The summed E-state index contributed by atoms with van der Waals surface area (Å²) in [4.78, 5) is 3.92. The summed E-state index contributed by atoms with van der Waals surface area (Å²) in [5.41, 5.74) is 12.0. The zero-order chi connectivity index (χ0) is 7.56. The van der Waals surface area contributed by atoms with Crippen molar-refractivity contribution in [3.05, 3.63) is 23.0 Å². The van der Waals surface area contributed by atoms with Crippen LogP contribution >= 0.6 is 11.6 Å². The second-order valence-electron chi connectivity index (χ2n) is 1.86. The summed E-state index contributed by atoms with van der Waals surface area (Å²) in [5, 5.41) is 0.463. The first-order valence-corrected chi connectivity index (χ1v) is 3.22. The molecule has 0 amide bonds. The lowest BCUT2D eigenvalue weighted by atomic mass is 10.3. The summed E-state index contributed by atoms with van der Waals surface area (Å²) in [6.45, 7) is 0.323. The van der Waals surface area contributed by atoms with E-state index in [2.05, 4.69) is 4.98 Å². The van der Waals surface area contributed by atoms with Gasteiger partial charge in [0.2, 0.25) is 0 Å². The summed E-state index contributed by atoms with van der Waals surface area (Å²) in [6.07, 6.45) is 1.59. The van der Waals surface area contributed by atoms with E-state index >= 15 is 0 Å². The smallest absolute Gasteiger partial charge is 0.0863 e. The van der Waals surface area contributed by atoms with Gasteiger partial charge in [0.15, 0.2) is 0 Å². The molecule has 1 aromatic heterocycles. The van der Waals surface area contributed by atoms with E-state index in [0.29, 0.717) is 22.9 Å². The number of hydrogen-bond acceptors (Lipinski definition) is 3. The quantitative estimate of drug-likeness (QED) is 0.633. The second-order valence-corrected chi connectivity index (χ2v) is 2.24. The molecule has 0 aromatic carbocycles. The van der Waals surface area contributed by atoms with Crippen LogP contribution in [0.2, 0.25) is 5.02 Å². The average Bonchev–Trinajstić information content (AvgIpc) is 1.95. The Hall–Kier alpha value is -0.800. The maximum absolute atomic E-state index is 5.73. The Morgan fingerprint density at radius 1 is 1.60 bits per heavy atom. The third kappa shape index (κ3) is 1.20. The number of nitrogens with two attached hydrogens (primary N) is 2. The zero-order valence-corrected chi connectivity index (χ0v) is 6.10. The zero-order valence-electron chi connectivity index (χ0n) is 5.34. The van der Waals surface area contributed by atoms with Crippen LogP contribution in [-0.4, -0.2) is 4.98 Å². The summed E-state index contributed by atoms with van der Waals surface area (Å²) in [6, 6.07) is 1.64. The minimum atomic E-state index is 0.323. The van der Waals surface area contributed by atoms with Crippen molar-refractivity contribution >= 4 is 17.3 Å². The number of pyridine rings is 1. The molecule has 0 fully saturated rings. The summed E-state index contributed by atoms with van der Waals surface area (Å²) in [7, 11) is 0. The van der Waals surface area contributed by atoms with E-state index in [1.165, 1.54) is 0 Å². The van der Waals surface area contributed by atoms with Crippen LogP contribution in [0.3, 0.4) is 0 Å². The molecular weight excluding hydrogens is 150 g/mol. The molecule has 54 valence electrons. The molecule has 1 rings (SSSR count). The average molecular weight is 158 g/mol. The number of halogens is 1. The highest BCUT2D eigenvalue weighted by Crippen LogP contribution is 2.19. The van der Waals surface area contributed by atoms with Crippen LogP contribution in [0, 0.1) is 0 Å². The SMILES string of the molecule is NCc1nccc(N)c1Cl. The highest BCUT2D eigenvalue weighted by molar-refractivity contribution is 6.33. The minimum Gasteiger partial charge on any atom is -0.397 e. The Bertz CT molecular complexity index is 236. The van der Waals surface area contributed by atoms with Gasteiger partial charge in [0, 0.05) is 12.7 Å². The number of nitrogens with zero attached hydrogens (tertiary/aromatic N) is 1. The van der Waals surface area contributed by atoms with Gasteiger partial charge in [-0.3, -0.25) is 4.98 Å². The first kappa shape index (κ1) is 7.31. The van der Waals surface area contributed by atoms with Crippen LogP contribution in [0.5, 0.6) is 0 Å². The van der Waals surface area contributed by atoms with Crippen molar-refractivity contribution in [2.75, 3.05) is 5.73 Å². The summed E-state index contributed by atoms with van der Waals surface area (Å²) < 4.78 is 0. The Labute approximate surface area is 64.0 Å². The van der Waals surface area contributed by atoms with E-state index in [0.717, 1.165) is 0 Å². The molecule has 0 aliphatic rings. The van der Waals surface area contributed by atoms with Crippen LogP contribution in [0.1, 0.15) is 5.69 Å². The largest absolute Gasteiger partial charge is 0.397 e. The molecule has 0 bridgehead atoms. The van der Waals surface area contributed by atoms with Gasteiger partial charge in [-0.1, -0.05) is 11.6 Å². The van der Waals surface area contributed by atoms with Gasteiger partial charge in [0.1, 0.15) is 0 Å². The van der Waals surface area contributed by atoms with Gasteiger partial charge in [-0.05, 0) is 6.07 Å². The van der Waals surface area contributed by atoms with Crippen molar-refractivity contribution in [1.82, 2.24) is 4.98 Å². The lowest BCUT2D eigenvalue weighted by Crippen LogP contribution is -2.01. The molecular formula is C6H8ClN3. The molecule has 0 radical (unpaired) electrons. The first-order valence-electron chi connectivity index (χ1n) is 2.84. The van der Waals surface area contributed by atoms with E-state index in [-0.39, 0.29) is 0 Å². The van der Waals surface area contributed by atoms with Crippen molar-refractivity contribution < 1.29 is 0 Å². The molecule has 0 spiro atoms. The maximum atomic E-state index is 5.73. The van der Waals surface area contributed by atoms with Crippen LogP contribution in [0.25, 0.3) is 0 Å². The van der Waals surface area contributed by atoms with Crippen LogP contribution in [0.15, 0.2) is 12.3 Å². The topological polar surface area (TPSA) is 64.9 Å². The van der Waals surface area contributed by atoms with Gasteiger partial charge in [-0.25, -0.2) is 0 Å². The number of nitrogen functional groups attached to an aromatic ring is 1. The predicted octanol–water partition coefficient (Wildman–Crippen LogP) is 0.776. The van der Waals surface area contributed by atoms with E-state index < -0.39 is 0 Å². The van der Waals surface area contributed by atoms with Crippen molar-refractivity contribution in [3.8, 4) is 0 Å². The highest BCUT2D eigenvalue weighted by atomic mass is 35.5. The van der Waals surface area contributed by atoms with Crippen LogP contribution < -0.4 is 11.5 Å². The predicted molar refractivity (Wildman–Crippen MR) is 41.6 cm³/mol. The van der Waals surface area contributed by atoms with E-state index in [1.807, 2.05) is 0 Å². The van der Waals surface area contributed by atoms with Gasteiger partial charge in [0.25, 0.3) is 0 Å². The monoisotopic (exact) mass is 157 g/mol. The Kier molecular flexibility index (Phi) is 2.09. The number of rotatable bonds is 1. The molecule has 3 nitrogen and oxygen atoms in total. The third-order valence-corrected chi connectivity index (χ3v) is 1.62. The Morgan fingerprint density at radius 3 is 2.80 bits per heavy atom. The fourth-order valence-electron chi connectivity index (χ4n) is 0.646. The first-order chi connectivity index (χ1) is 4.75. The van der Waals surface area contributed by atoms with Gasteiger partial charge in [-0.2, -0.15) is 0 Å². The standard InChI is InChI=1S/C6H8ClN3/c7-6-4(9)1-2-10-5(6)3-8/h1-2H,3,8H2,(H2,9,10). The lowest BCUT2D eigenvalue weighted by molar-refractivity contribution is 0.992. The van der Waals surface area contributed by atoms with Gasteiger partial charge in [-0.15, -0.1) is 0 Å². The minimum absolute atomic E-state index is 0.323. The molecule has 0 unspecified atom stereocenters. The fourth-order valence-corrected chi connectivity index (χ4v) is 0.835. The van der Waals surface area contributed by atoms with E-state index in [9.17, 15) is 0 Å². The molecule has 4 N–H and O–H groups in total. The van der Waals surface area contributed by atoms with Gasteiger partial charge in [0.05, 0.1) is 16.4 Å². The number of hydrogen-bond donors (Lipinski definition) is 2. The van der Waals surface area contributed by atoms with E-state index in [4.69, 9.17) is 23.1 Å². The van der Waals surface area contributed by atoms with Crippen LogP contribution in [-0.2, 0) is 6.54 Å². The second kappa shape index (κ2) is 2.86. The van der Waals surface area contributed by atoms with Crippen LogP contribution in [0.4, 0.5) is 5.69 Å². The van der Waals surface area contributed by atoms with Crippen molar-refractivity contribution in [2.24, 2.45) is 5.73 Å². The molecule has 0 atom stereocenters. The molecule has 1 heterocycles. The molecule has 0 saturated heterocycles. The van der Waals surface area contributed by atoms with Crippen molar-refractivity contribution in [2.45, 2.75) is 6.54 Å². The fraction of sp³-hybridized carbons (Fsp3) is 0.167. The van der Waals surface area contributed by atoms with Gasteiger partial charge >= 0.3 is 0 Å². The third-order valence-electron chi connectivity index (χ3n) is 1.18. The molecule has 10 heavy (non-hydrogen) atoms. The molecule has 0 aliphatic carbocycles. The molecule has 1 aromatic rings. The van der Waals surface area contributed by atoms with Gasteiger partial charge < -0.3 is 11.5 Å². The van der Waals surface area contributed by atoms with Crippen molar-refractivity contribution in [1.29, 1.82) is 0 Å². The molecule has 0 saturated carbocycles. The number of anilines is 1. The lowest BCUT2D eigenvalue weighted by Gasteiger charge is -2.00. The summed E-state index contributed by atoms with van der Waals surface area (Å²) >= 11 is 5.73. The van der Waals surface area contributed by atoms with E-state index in [1.54, 1.807) is 12.3 Å². The Morgan fingerprint density at radius 2 is 2.30 bits per heavy atom. The Balaban J connectivity index is 3.14.